The molecule has 16 heavy (non-hydrogen) atoms. The van der Waals surface area contributed by atoms with Crippen molar-refractivity contribution in [2.75, 3.05) is 0 Å². The molecule has 3 rings (SSSR count). The Morgan fingerprint density at radius 1 is 0.875 bits per heavy atom. The molecule has 3 aromatic rings. The fourth-order valence-electron chi connectivity index (χ4n) is 2.04. The second-order valence-electron chi connectivity index (χ2n) is 4.12. The largest absolute Gasteiger partial charge is 0.360 e. The SMILES string of the molecule is Cc1ccc(-c2[nH]cc3ccccc23)cc1. The molecule has 0 amide bonds. The van der Waals surface area contributed by atoms with Crippen LogP contribution in [0.4, 0.5) is 0 Å². The van der Waals surface area contributed by atoms with Crippen LogP contribution in [0.15, 0.2) is 54.7 Å². The average Bonchev–Trinajstić information content (AvgIpc) is 2.74. The maximum Gasteiger partial charge on any atom is 0.0533 e. The molecule has 0 saturated heterocycles. The van der Waals surface area contributed by atoms with E-state index >= 15 is 0 Å². The number of nitrogens with one attached hydrogen (secondary N) is 1. The van der Waals surface area contributed by atoms with E-state index in [1.165, 1.54) is 27.6 Å². The van der Waals surface area contributed by atoms with Gasteiger partial charge in [0.2, 0.25) is 0 Å². The van der Waals surface area contributed by atoms with E-state index in [0.29, 0.717) is 0 Å². The molecule has 0 fully saturated rings. The van der Waals surface area contributed by atoms with Gasteiger partial charge in [-0.3, -0.25) is 0 Å². The van der Waals surface area contributed by atoms with Crippen LogP contribution in [-0.2, 0) is 0 Å². The minimum absolute atomic E-state index is 1.20. The Balaban J connectivity index is 2.22. The minimum atomic E-state index is 1.20. The van der Waals surface area contributed by atoms with Crippen LogP contribution >= 0.6 is 0 Å². The molecule has 0 spiro atoms. The van der Waals surface area contributed by atoms with E-state index in [2.05, 4.69) is 66.6 Å². The fraction of sp³-hybridized carbons (Fsp3) is 0.0667. The van der Waals surface area contributed by atoms with Gasteiger partial charge >= 0.3 is 0 Å². The predicted octanol–water partition coefficient (Wildman–Crippen LogP) is 4.14. The summed E-state index contributed by atoms with van der Waals surface area (Å²) in [4.78, 5) is 3.35. The molecule has 1 heterocycles. The lowest BCUT2D eigenvalue weighted by Gasteiger charge is -2.00. The van der Waals surface area contributed by atoms with Crippen LogP contribution in [0, 0.1) is 6.92 Å². The summed E-state index contributed by atoms with van der Waals surface area (Å²) < 4.78 is 0. The minimum Gasteiger partial charge on any atom is -0.360 e. The summed E-state index contributed by atoms with van der Waals surface area (Å²) >= 11 is 0. The van der Waals surface area contributed by atoms with Gasteiger partial charge in [-0.2, -0.15) is 0 Å². The normalized spacial score (nSPS) is 10.8. The van der Waals surface area contributed by atoms with E-state index in [4.69, 9.17) is 0 Å². The summed E-state index contributed by atoms with van der Waals surface area (Å²) in [7, 11) is 0. The van der Waals surface area contributed by atoms with Crippen LogP contribution < -0.4 is 0 Å². The molecular weight excluding hydrogens is 194 g/mol. The molecule has 0 bridgehead atoms. The van der Waals surface area contributed by atoms with Gasteiger partial charge in [-0.15, -0.1) is 0 Å². The highest BCUT2D eigenvalue weighted by Crippen LogP contribution is 2.27. The first-order valence-corrected chi connectivity index (χ1v) is 5.48. The lowest BCUT2D eigenvalue weighted by atomic mass is 10.1. The lowest BCUT2D eigenvalue weighted by Crippen LogP contribution is -1.78. The monoisotopic (exact) mass is 207 g/mol. The van der Waals surface area contributed by atoms with Crippen molar-refractivity contribution in [3.05, 3.63) is 60.3 Å². The summed E-state index contributed by atoms with van der Waals surface area (Å²) in [6.45, 7) is 2.11. The second kappa shape index (κ2) is 3.53. The third kappa shape index (κ3) is 1.41. The molecule has 0 unspecified atom stereocenters. The zero-order valence-corrected chi connectivity index (χ0v) is 9.20. The van der Waals surface area contributed by atoms with Crippen molar-refractivity contribution in [3.63, 3.8) is 0 Å². The van der Waals surface area contributed by atoms with Crippen LogP contribution in [0.5, 0.6) is 0 Å². The molecule has 0 aliphatic heterocycles. The van der Waals surface area contributed by atoms with Crippen molar-refractivity contribution in [2.45, 2.75) is 6.92 Å². The topological polar surface area (TPSA) is 15.8 Å². The molecule has 1 nitrogen and oxygen atoms in total. The molecule has 0 aliphatic rings. The molecule has 0 atom stereocenters. The number of rotatable bonds is 1. The number of H-pyrrole nitrogens is 1. The maximum atomic E-state index is 3.35. The van der Waals surface area contributed by atoms with Crippen molar-refractivity contribution >= 4 is 10.8 Å². The third-order valence-corrected chi connectivity index (χ3v) is 2.94. The Bertz CT molecular complexity index is 617. The van der Waals surface area contributed by atoms with Crippen LogP contribution in [0.3, 0.4) is 0 Å². The highest BCUT2D eigenvalue weighted by Gasteiger charge is 2.04. The number of aromatic nitrogens is 1. The number of benzene rings is 2. The van der Waals surface area contributed by atoms with Gasteiger partial charge in [0.1, 0.15) is 0 Å². The third-order valence-electron chi connectivity index (χ3n) is 2.94. The first-order valence-electron chi connectivity index (χ1n) is 5.48. The molecule has 0 saturated carbocycles. The molecule has 0 radical (unpaired) electrons. The van der Waals surface area contributed by atoms with Crippen LogP contribution in [-0.4, -0.2) is 4.98 Å². The van der Waals surface area contributed by atoms with Crippen LogP contribution in [0.2, 0.25) is 0 Å². The van der Waals surface area contributed by atoms with E-state index in [0.717, 1.165) is 0 Å². The highest BCUT2D eigenvalue weighted by atomic mass is 14.7. The Hall–Kier alpha value is -2.02. The first kappa shape index (κ1) is 9.22. The van der Waals surface area contributed by atoms with Crippen LogP contribution in [0.1, 0.15) is 5.56 Å². The molecule has 0 aliphatic carbocycles. The second-order valence-corrected chi connectivity index (χ2v) is 4.12. The van der Waals surface area contributed by atoms with E-state index in [9.17, 15) is 0 Å². The van der Waals surface area contributed by atoms with Crippen molar-refractivity contribution < 1.29 is 0 Å². The Morgan fingerprint density at radius 3 is 2.44 bits per heavy atom. The lowest BCUT2D eigenvalue weighted by molar-refractivity contribution is 1.40. The van der Waals surface area contributed by atoms with Gasteiger partial charge in [0.05, 0.1) is 5.69 Å². The quantitative estimate of drug-likeness (QED) is 0.617. The summed E-state index contributed by atoms with van der Waals surface area (Å²) in [6, 6.07) is 17.0. The molecule has 1 aromatic heterocycles. The number of hydrogen-bond acceptors (Lipinski definition) is 0. The summed E-state index contributed by atoms with van der Waals surface area (Å²) in [6.07, 6.45) is 2.06. The Labute approximate surface area is 94.7 Å². The number of fused-ring (bicyclic) bond motifs is 1. The van der Waals surface area contributed by atoms with Crippen molar-refractivity contribution in [3.8, 4) is 11.3 Å². The van der Waals surface area contributed by atoms with Crippen molar-refractivity contribution in [1.29, 1.82) is 0 Å². The molecule has 1 heteroatoms. The molecular formula is C15H13N. The Morgan fingerprint density at radius 2 is 1.62 bits per heavy atom. The van der Waals surface area contributed by atoms with Gasteiger partial charge < -0.3 is 4.98 Å². The van der Waals surface area contributed by atoms with Crippen molar-refractivity contribution in [2.24, 2.45) is 0 Å². The van der Waals surface area contributed by atoms with E-state index in [-0.39, 0.29) is 0 Å². The van der Waals surface area contributed by atoms with Gasteiger partial charge in [-0.25, -0.2) is 0 Å². The maximum absolute atomic E-state index is 3.35. The van der Waals surface area contributed by atoms with E-state index in [1.807, 2.05) is 0 Å². The van der Waals surface area contributed by atoms with Gasteiger partial charge in [0, 0.05) is 11.6 Å². The number of hydrogen-bond donors (Lipinski definition) is 1. The molecule has 78 valence electrons. The fourth-order valence-corrected chi connectivity index (χ4v) is 2.04. The average molecular weight is 207 g/mol. The van der Waals surface area contributed by atoms with Gasteiger partial charge in [0.15, 0.2) is 0 Å². The van der Waals surface area contributed by atoms with Gasteiger partial charge in [0.25, 0.3) is 0 Å². The smallest absolute Gasteiger partial charge is 0.0533 e. The highest BCUT2D eigenvalue weighted by molar-refractivity contribution is 5.95. The van der Waals surface area contributed by atoms with Gasteiger partial charge in [-0.1, -0.05) is 54.1 Å². The number of aryl methyl sites for hydroxylation is 1. The summed E-state index contributed by atoms with van der Waals surface area (Å²) in [5.74, 6) is 0. The predicted molar refractivity (Wildman–Crippen MR) is 68.5 cm³/mol. The summed E-state index contributed by atoms with van der Waals surface area (Å²) in [5.41, 5.74) is 3.74. The summed E-state index contributed by atoms with van der Waals surface area (Å²) in [5, 5.41) is 2.55. The molecule has 2 aromatic carbocycles. The zero-order chi connectivity index (χ0) is 11.0. The van der Waals surface area contributed by atoms with Gasteiger partial charge in [-0.05, 0) is 17.9 Å². The standard InChI is InChI=1S/C15H13N/c1-11-6-8-12(9-7-11)15-14-5-3-2-4-13(14)10-16-15/h2-10,16H,1H3. The van der Waals surface area contributed by atoms with E-state index in [1.54, 1.807) is 0 Å². The van der Waals surface area contributed by atoms with E-state index < -0.39 is 0 Å². The first-order chi connectivity index (χ1) is 7.84. The Kier molecular flexibility index (Phi) is 2.03. The van der Waals surface area contributed by atoms with Crippen LogP contribution in [0.25, 0.3) is 22.0 Å². The zero-order valence-electron chi connectivity index (χ0n) is 9.20. The number of aromatic amines is 1. The molecule has 1 N–H and O–H groups in total. The van der Waals surface area contributed by atoms with Crippen molar-refractivity contribution in [1.82, 2.24) is 4.98 Å².